The van der Waals surface area contributed by atoms with E-state index in [-0.39, 0.29) is 10.8 Å². The highest BCUT2D eigenvalue weighted by Gasteiger charge is 2.20. The molecule has 0 amide bonds. The van der Waals surface area contributed by atoms with Crippen LogP contribution in [0.25, 0.3) is 90.9 Å². The predicted molar refractivity (Wildman–Crippen MR) is 238 cm³/mol. The highest BCUT2D eigenvalue weighted by molar-refractivity contribution is 5.99. The molecule has 274 valence electrons. The van der Waals surface area contributed by atoms with Gasteiger partial charge in [0.05, 0.1) is 22.8 Å². The van der Waals surface area contributed by atoms with E-state index < -0.39 is 0 Å². The molecule has 0 saturated carbocycles. The minimum absolute atomic E-state index is 0.0432. The Bertz CT molecular complexity index is 2620. The van der Waals surface area contributed by atoms with Gasteiger partial charge in [0.1, 0.15) is 0 Å². The minimum Gasteiger partial charge on any atom is -0.354 e. The van der Waals surface area contributed by atoms with Gasteiger partial charge in [0, 0.05) is 44.3 Å². The summed E-state index contributed by atoms with van der Waals surface area (Å²) in [5, 5.41) is 0. The van der Waals surface area contributed by atoms with Crippen LogP contribution in [0.2, 0.25) is 0 Å². The van der Waals surface area contributed by atoms with Crippen molar-refractivity contribution in [2.24, 2.45) is 0 Å². The molecule has 0 radical (unpaired) electrons. The third-order valence-corrected chi connectivity index (χ3v) is 11.0. The first-order valence-electron chi connectivity index (χ1n) is 19.5. The van der Waals surface area contributed by atoms with Crippen LogP contribution in [-0.4, -0.2) is 19.9 Å². The Labute approximate surface area is 329 Å². The highest BCUT2D eigenvalue weighted by Crippen LogP contribution is 2.39. The summed E-state index contributed by atoms with van der Waals surface area (Å²) in [5.41, 5.74) is 18.9. The first kappa shape index (κ1) is 35.2. The molecule has 8 bridgehead atoms. The summed E-state index contributed by atoms with van der Waals surface area (Å²) in [6.45, 7) is 13.5. The molecule has 0 spiro atoms. The normalized spacial score (nSPS) is 12.7. The maximum atomic E-state index is 5.45. The van der Waals surface area contributed by atoms with E-state index in [0.717, 1.165) is 89.4 Å². The molecule has 0 unspecified atom stereocenters. The van der Waals surface area contributed by atoms with E-state index in [1.807, 2.05) is 0 Å². The van der Waals surface area contributed by atoms with Crippen LogP contribution in [0.3, 0.4) is 0 Å². The molecular formula is C52H46N4. The van der Waals surface area contributed by atoms with Gasteiger partial charge >= 0.3 is 0 Å². The number of fused-ring (bicyclic) bond motifs is 8. The van der Waals surface area contributed by atoms with Crippen molar-refractivity contribution < 1.29 is 0 Å². The second-order valence-electron chi connectivity index (χ2n) is 16.9. The summed E-state index contributed by atoms with van der Waals surface area (Å²) in [4.78, 5) is 18.6. The first-order valence-corrected chi connectivity index (χ1v) is 19.5. The predicted octanol–water partition coefficient (Wildman–Crippen LogP) is 13.9. The van der Waals surface area contributed by atoms with Crippen molar-refractivity contribution >= 4 is 46.4 Å². The van der Waals surface area contributed by atoms with E-state index in [0.29, 0.717) is 0 Å². The van der Waals surface area contributed by atoms with Crippen molar-refractivity contribution in [3.05, 3.63) is 167 Å². The molecule has 9 rings (SSSR count). The van der Waals surface area contributed by atoms with Gasteiger partial charge in [-0.15, -0.1) is 0 Å². The van der Waals surface area contributed by atoms with Crippen molar-refractivity contribution in [3.63, 3.8) is 0 Å². The Morgan fingerprint density at radius 3 is 0.857 bits per heavy atom. The largest absolute Gasteiger partial charge is 0.354 e. The van der Waals surface area contributed by atoms with Crippen LogP contribution in [0.4, 0.5) is 0 Å². The van der Waals surface area contributed by atoms with Crippen LogP contribution in [0.5, 0.6) is 0 Å². The van der Waals surface area contributed by atoms with Crippen LogP contribution < -0.4 is 0 Å². The highest BCUT2D eigenvalue weighted by atomic mass is 14.8. The lowest BCUT2D eigenvalue weighted by molar-refractivity contribution is 0.590. The van der Waals surface area contributed by atoms with Crippen molar-refractivity contribution in [2.45, 2.75) is 52.4 Å². The summed E-state index contributed by atoms with van der Waals surface area (Å²) in [5.74, 6) is 0. The van der Waals surface area contributed by atoms with E-state index >= 15 is 0 Å². The van der Waals surface area contributed by atoms with Gasteiger partial charge < -0.3 is 9.97 Å². The SMILES string of the molecule is CC(C)(C)c1ccc(-c2c3nc(c(-c4ccccc4)c4ccc([nH]4)c(-c4ccc(C(C)(C)C)cc4)c4nc(c(-c5ccccc5)c5ccc2[nH]5)C=C4)C=C3)cc1. The second kappa shape index (κ2) is 13.6. The maximum absolute atomic E-state index is 5.45. The molecule has 0 atom stereocenters. The lowest BCUT2D eigenvalue weighted by Gasteiger charge is -2.19. The molecule has 2 aliphatic heterocycles. The fourth-order valence-electron chi connectivity index (χ4n) is 7.90. The van der Waals surface area contributed by atoms with E-state index in [1.165, 1.54) is 11.1 Å². The monoisotopic (exact) mass is 726 g/mol. The van der Waals surface area contributed by atoms with E-state index in [1.54, 1.807) is 0 Å². The number of benzene rings is 4. The number of nitrogens with zero attached hydrogens (tertiary/aromatic N) is 2. The smallest absolute Gasteiger partial charge is 0.0737 e. The van der Waals surface area contributed by atoms with Crippen LogP contribution in [-0.2, 0) is 10.8 Å². The van der Waals surface area contributed by atoms with E-state index in [4.69, 9.17) is 9.97 Å². The van der Waals surface area contributed by atoms with E-state index in [9.17, 15) is 0 Å². The number of aromatic amines is 2. The molecule has 4 heteroatoms. The molecule has 2 aliphatic rings. The standard InChI is InChI=1S/C52H46N4/c1-51(2,3)37-21-17-35(18-22-37)49-43-29-25-39(53-43)47(33-13-9-7-10-14-33)41-27-31-45(55-41)50(36-19-23-38(24-20-36)52(4,5)6)46-32-28-42(56-46)48(34-15-11-8-12-16-34)40-26-30-44(49)54-40/h7-32,53,56H,1-6H3. The Hall–Kier alpha value is -6.52. The number of hydrogen-bond donors (Lipinski definition) is 2. The fraction of sp³-hybridized carbons (Fsp3) is 0.154. The molecule has 4 aromatic carbocycles. The van der Waals surface area contributed by atoms with Gasteiger partial charge in [0.25, 0.3) is 0 Å². The van der Waals surface area contributed by atoms with Gasteiger partial charge in [0.2, 0.25) is 0 Å². The van der Waals surface area contributed by atoms with Gasteiger partial charge in [-0.3, -0.25) is 0 Å². The Kier molecular flexibility index (Phi) is 8.58. The van der Waals surface area contributed by atoms with Crippen LogP contribution in [0, 0.1) is 0 Å². The molecule has 0 aliphatic carbocycles. The van der Waals surface area contributed by atoms with Gasteiger partial charge in [-0.1, -0.05) is 151 Å². The molecule has 3 aromatic heterocycles. The summed E-state index contributed by atoms with van der Waals surface area (Å²) in [6, 6.07) is 47.8. The van der Waals surface area contributed by atoms with Crippen LogP contribution >= 0.6 is 0 Å². The summed E-state index contributed by atoms with van der Waals surface area (Å²) < 4.78 is 0. The molecular weight excluding hydrogens is 681 g/mol. The lowest BCUT2D eigenvalue weighted by Crippen LogP contribution is -2.10. The number of nitrogens with one attached hydrogen (secondary N) is 2. The average molecular weight is 727 g/mol. The number of aromatic nitrogens is 4. The number of H-pyrrole nitrogens is 2. The molecule has 0 fully saturated rings. The zero-order chi connectivity index (χ0) is 38.6. The quantitative estimate of drug-likeness (QED) is 0.190. The summed E-state index contributed by atoms with van der Waals surface area (Å²) >= 11 is 0. The molecule has 56 heavy (non-hydrogen) atoms. The minimum atomic E-state index is 0.0432. The Morgan fingerprint density at radius 2 is 0.589 bits per heavy atom. The second-order valence-corrected chi connectivity index (χ2v) is 16.9. The van der Waals surface area contributed by atoms with Gasteiger partial charge in [-0.25, -0.2) is 9.97 Å². The topological polar surface area (TPSA) is 57.4 Å². The number of rotatable bonds is 4. The van der Waals surface area contributed by atoms with Gasteiger partial charge in [-0.05, 0) is 92.8 Å². The van der Waals surface area contributed by atoms with Crippen LogP contribution in [0.1, 0.15) is 75.4 Å². The Balaban J connectivity index is 1.43. The summed E-state index contributed by atoms with van der Waals surface area (Å²) in [7, 11) is 0. The van der Waals surface area contributed by atoms with Crippen molar-refractivity contribution in [1.29, 1.82) is 0 Å². The van der Waals surface area contributed by atoms with Crippen molar-refractivity contribution in [1.82, 2.24) is 19.9 Å². The van der Waals surface area contributed by atoms with Gasteiger partial charge in [-0.2, -0.15) is 0 Å². The molecule has 5 heterocycles. The first-order chi connectivity index (χ1) is 27.0. The van der Waals surface area contributed by atoms with Crippen molar-refractivity contribution in [3.8, 4) is 44.5 Å². The molecule has 2 N–H and O–H groups in total. The fourth-order valence-corrected chi connectivity index (χ4v) is 7.90. The lowest BCUT2D eigenvalue weighted by atomic mass is 9.86. The Morgan fingerprint density at radius 1 is 0.321 bits per heavy atom. The number of hydrogen-bond acceptors (Lipinski definition) is 2. The third-order valence-electron chi connectivity index (χ3n) is 11.0. The molecule has 7 aromatic rings. The van der Waals surface area contributed by atoms with Gasteiger partial charge in [0.15, 0.2) is 0 Å². The molecule has 4 nitrogen and oxygen atoms in total. The van der Waals surface area contributed by atoms with E-state index in [2.05, 4.69) is 209 Å². The summed E-state index contributed by atoms with van der Waals surface area (Å²) in [6.07, 6.45) is 8.64. The van der Waals surface area contributed by atoms with Crippen LogP contribution in [0.15, 0.2) is 133 Å². The average Bonchev–Trinajstić information content (AvgIpc) is 4.03. The zero-order valence-corrected chi connectivity index (χ0v) is 32.9. The third kappa shape index (κ3) is 6.51. The zero-order valence-electron chi connectivity index (χ0n) is 32.9. The maximum Gasteiger partial charge on any atom is 0.0737 e. The molecule has 0 saturated heterocycles. The van der Waals surface area contributed by atoms with Crippen molar-refractivity contribution in [2.75, 3.05) is 0 Å².